The predicted molar refractivity (Wildman–Crippen MR) is 163 cm³/mol. The van der Waals surface area contributed by atoms with E-state index in [4.69, 9.17) is 9.84 Å². The van der Waals surface area contributed by atoms with Gasteiger partial charge in [-0.05, 0) is 86.1 Å². The van der Waals surface area contributed by atoms with E-state index in [-0.39, 0.29) is 24.3 Å². The molecule has 2 N–H and O–H groups in total. The number of rotatable bonds is 13. The van der Waals surface area contributed by atoms with Gasteiger partial charge in [-0.15, -0.1) is 0 Å². The second-order valence-corrected chi connectivity index (χ2v) is 11.8. The van der Waals surface area contributed by atoms with Crippen LogP contribution in [0.2, 0.25) is 0 Å². The fourth-order valence-corrected chi connectivity index (χ4v) is 6.16. The van der Waals surface area contributed by atoms with Crippen LogP contribution >= 0.6 is 0 Å². The minimum atomic E-state index is -0.835. The maximum Gasteiger partial charge on any atom is 0.322 e. The van der Waals surface area contributed by atoms with Gasteiger partial charge in [-0.25, -0.2) is 4.79 Å². The molecule has 7 nitrogen and oxygen atoms in total. The molecule has 41 heavy (non-hydrogen) atoms. The first kappa shape index (κ1) is 30.6. The van der Waals surface area contributed by atoms with Crippen molar-refractivity contribution in [2.24, 2.45) is 5.92 Å². The van der Waals surface area contributed by atoms with Crippen LogP contribution in [0, 0.1) is 5.92 Å². The third kappa shape index (κ3) is 8.82. The summed E-state index contributed by atoms with van der Waals surface area (Å²) in [6.07, 6.45) is 10.1. The molecule has 0 spiro atoms. The Morgan fingerprint density at radius 1 is 0.927 bits per heavy atom. The standard InChI is InChI=1S/C34H46N2O5/c1-3-4-5-6-20-35-34(40)36-23-24(2)41-32-22-29(18-19-31(32)36)28-16-14-27(15-17-28)26-12-10-25(11-13-26)21-30(37)8-7-9-33(38)39/h14-19,22,24-26H,3-13,20-21,23H2,1-2H3,(H,35,40)(H,38,39). The van der Waals surface area contributed by atoms with E-state index in [2.05, 4.69) is 42.6 Å². The molecule has 1 unspecified atom stereocenters. The summed E-state index contributed by atoms with van der Waals surface area (Å²) in [4.78, 5) is 37.6. The van der Waals surface area contributed by atoms with E-state index in [1.807, 2.05) is 19.1 Å². The zero-order valence-corrected chi connectivity index (χ0v) is 24.7. The van der Waals surface area contributed by atoms with E-state index < -0.39 is 5.97 Å². The number of carbonyl (C=O) groups excluding carboxylic acids is 2. The molecule has 2 aromatic carbocycles. The number of anilines is 1. The first-order chi connectivity index (χ1) is 19.8. The molecule has 2 aromatic rings. The average Bonchev–Trinajstić information content (AvgIpc) is 2.96. The van der Waals surface area contributed by atoms with Gasteiger partial charge in [-0.1, -0.05) is 56.5 Å². The summed E-state index contributed by atoms with van der Waals surface area (Å²) in [6.45, 7) is 5.40. The second kappa shape index (κ2) is 15.0. The van der Waals surface area contributed by atoms with Gasteiger partial charge in [0.1, 0.15) is 17.6 Å². The Bertz CT molecular complexity index is 1170. The molecule has 222 valence electrons. The molecule has 2 aliphatic rings. The van der Waals surface area contributed by atoms with Gasteiger partial charge in [0, 0.05) is 25.8 Å². The highest BCUT2D eigenvalue weighted by Gasteiger charge is 2.28. The van der Waals surface area contributed by atoms with Crippen molar-refractivity contribution in [1.29, 1.82) is 0 Å². The van der Waals surface area contributed by atoms with Crippen molar-refractivity contribution in [2.75, 3.05) is 18.0 Å². The Balaban J connectivity index is 1.32. The molecule has 1 aliphatic carbocycles. The molecule has 1 heterocycles. The SMILES string of the molecule is CCCCCCNC(=O)N1CC(C)Oc2cc(-c3ccc(C4CCC(CC(=O)CCCC(=O)O)CC4)cc3)ccc21. The number of unbranched alkanes of at least 4 members (excludes halogenated alkanes) is 3. The molecule has 0 saturated heterocycles. The minimum Gasteiger partial charge on any atom is -0.487 e. The number of amides is 2. The van der Waals surface area contributed by atoms with Crippen LogP contribution in [0.5, 0.6) is 5.75 Å². The highest BCUT2D eigenvalue weighted by molar-refractivity contribution is 5.94. The normalized spacial score (nSPS) is 20.1. The maximum atomic E-state index is 12.9. The number of carbonyl (C=O) groups is 3. The monoisotopic (exact) mass is 562 g/mol. The number of aliphatic carboxylic acids is 1. The highest BCUT2D eigenvalue weighted by Crippen LogP contribution is 2.40. The van der Waals surface area contributed by atoms with E-state index in [0.29, 0.717) is 44.2 Å². The lowest BCUT2D eigenvalue weighted by Crippen LogP contribution is -2.47. The molecular weight excluding hydrogens is 516 g/mol. The van der Waals surface area contributed by atoms with E-state index in [9.17, 15) is 14.4 Å². The summed E-state index contributed by atoms with van der Waals surface area (Å²) in [7, 11) is 0. The van der Waals surface area contributed by atoms with E-state index >= 15 is 0 Å². The van der Waals surface area contributed by atoms with Crippen molar-refractivity contribution in [2.45, 2.75) is 103 Å². The predicted octanol–water partition coefficient (Wildman–Crippen LogP) is 7.72. The summed E-state index contributed by atoms with van der Waals surface area (Å²) in [5.74, 6) is 1.03. The Hall–Kier alpha value is -3.35. The topological polar surface area (TPSA) is 95.9 Å². The zero-order chi connectivity index (χ0) is 29.2. The number of ether oxygens (including phenoxy) is 1. The van der Waals surface area contributed by atoms with Gasteiger partial charge < -0.3 is 15.2 Å². The molecule has 1 saturated carbocycles. The quantitative estimate of drug-likeness (QED) is 0.244. The van der Waals surface area contributed by atoms with Gasteiger partial charge >= 0.3 is 12.0 Å². The molecule has 1 atom stereocenters. The fraction of sp³-hybridized carbons (Fsp3) is 0.559. The zero-order valence-electron chi connectivity index (χ0n) is 24.7. The van der Waals surface area contributed by atoms with Crippen LogP contribution in [0.1, 0.15) is 102 Å². The van der Waals surface area contributed by atoms with Crippen LogP contribution in [-0.2, 0) is 9.59 Å². The summed E-state index contributed by atoms with van der Waals surface area (Å²) < 4.78 is 6.15. The van der Waals surface area contributed by atoms with Gasteiger partial charge in [0.05, 0.1) is 12.2 Å². The third-order valence-electron chi connectivity index (χ3n) is 8.49. The first-order valence-electron chi connectivity index (χ1n) is 15.5. The van der Waals surface area contributed by atoms with Gasteiger partial charge in [-0.3, -0.25) is 14.5 Å². The van der Waals surface area contributed by atoms with Gasteiger partial charge in [0.15, 0.2) is 0 Å². The van der Waals surface area contributed by atoms with Crippen LogP contribution in [0.15, 0.2) is 42.5 Å². The van der Waals surface area contributed by atoms with Crippen LogP contribution < -0.4 is 15.0 Å². The van der Waals surface area contributed by atoms with Crippen molar-refractivity contribution < 1.29 is 24.2 Å². The average molecular weight is 563 g/mol. The lowest BCUT2D eigenvalue weighted by molar-refractivity contribution is -0.137. The molecular formula is C34H46N2O5. The number of urea groups is 1. The number of carboxylic acid groups (broad SMARTS) is 1. The molecule has 1 fully saturated rings. The summed E-state index contributed by atoms with van der Waals surface area (Å²) >= 11 is 0. The molecule has 0 bridgehead atoms. The second-order valence-electron chi connectivity index (χ2n) is 11.8. The van der Waals surface area contributed by atoms with Crippen molar-refractivity contribution in [3.63, 3.8) is 0 Å². The Kier molecular flexibility index (Phi) is 11.2. The Labute approximate surface area is 244 Å². The van der Waals surface area contributed by atoms with Crippen LogP contribution in [0.25, 0.3) is 11.1 Å². The van der Waals surface area contributed by atoms with Crippen LogP contribution in [0.4, 0.5) is 10.5 Å². The Morgan fingerprint density at radius 2 is 1.66 bits per heavy atom. The molecule has 7 heteroatoms. The van der Waals surface area contributed by atoms with Crippen molar-refractivity contribution in [3.05, 3.63) is 48.0 Å². The molecule has 0 radical (unpaired) electrons. The number of hydrogen-bond donors (Lipinski definition) is 2. The van der Waals surface area contributed by atoms with Crippen molar-refractivity contribution >= 4 is 23.5 Å². The van der Waals surface area contributed by atoms with E-state index in [1.54, 1.807) is 4.90 Å². The fourth-order valence-electron chi connectivity index (χ4n) is 6.16. The summed E-state index contributed by atoms with van der Waals surface area (Å²) in [5.41, 5.74) is 4.33. The molecule has 2 amide bonds. The van der Waals surface area contributed by atoms with E-state index in [1.165, 1.54) is 18.4 Å². The van der Waals surface area contributed by atoms with Crippen molar-refractivity contribution in [1.82, 2.24) is 5.32 Å². The number of Topliss-reactive ketones (excluding diaryl/α,β-unsaturated/α-hetero) is 1. The number of ketones is 1. The number of nitrogens with one attached hydrogen (secondary N) is 1. The molecule has 1 aliphatic heterocycles. The van der Waals surface area contributed by atoms with E-state index in [0.717, 1.165) is 61.1 Å². The smallest absolute Gasteiger partial charge is 0.322 e. The van der Waals surface area contributed by atoms with Gasteiger partial charge in [0.2, 0.25) is 0 Å². The van der Waals surface area contributed by atoms with Gasteiger partial charge in [-0.2, -0.15) is 0 Å². The minimum absolute atomic E-state index is 0.0627. The van der Waals surface area contributed by atoms with Crippen molar-refractivity contribution in [3.8, 4) is 16.9 Å². The number of carboxylic acids is 1. The third-order valence-corrected chi connectivity index (χ3v) is 8.49. The molecule has 0 aromatic heterocycles. The first-order valence-corrected chi connectivity index (χ1v) is 15.5. The number of nitrogens with zero attached hydrogens (tertiary/aromatic N) is 1. The maximum absolute atomic E-state index is 12.9. The molecule has 4 rings (SSSR count). The largest absolute Gasteiger partial charge is 0.487 e. The number of hydrogen-bond acceptors (Lipinski definition) is 4. The lowest BCUT2D eigenvalue weighted by atomic mass is 9.76. The number of benzene rings is 2. The lowest BCUT2D eigenvalue weighted by Gasteiger charge is -2.33. The summed E-state index contributed by atoms with van der Waals surface area (Å²) in [6, 6.07) is 14.8. The van der Waals surface area contributed by atoms with Crippen LogP contribution in [0.3, 0.4) is 0 Å². The number of fused-ring (bicyclic) bond motifs is 1. The van der Waals surface area contributed by atoms with Crippen LogP contribution in [-0.4, -0.2) is 42.1 Å². The summed E-state index contributed by atoms with van der Waals surface area (Å²) in [5, 5.41) is 11.8. The van der Waals surface area contributed by atoms with Gasteiger partial charge in [0.25, 0.3) is 0 Å². The Morgan fingerprint density at radius 3 is 2.37 bits per heavy atom. The highest BCUT2D eigenvalue weighted by atomic mass is 16.5.